The van der Waals surface area contributed by atoms with Crippen LogP contribution in [0.2, 0.25) is 5.02 Å². The molecule has 2 aromatic rings. The van der Waals surface area contributed by atoms with Gasteiger partial charge in [-0.05, 0) is 48.4 Å². The minimum atomic E-state index is -3.64. The number of anilines is 1. The Hall–Kier alpha value is -1.56. The molecule has 0 aromatic heterocycles. The lowest BCUT2D eigenvalue weighted by molar-refractivity contribution is 0.600. The van der Waals surface area contributed by atoms with E-state index in [9.17, 15) is 8.42 Å². The quantitative estimate of drug-likeness (QED) is 0.912. The van der Waals surface area contributed by atoms with Crippen LogP contribution in [0.25, 0.3) is 0 Å². The van der Waals surface area contributed by atoms with Gasteiger partial charge in [-0.25, -0.2) is 8.42 Å². The zero-order chi connectivity index (χ0) is 14.8. The van der Waals surface area contributed by atoms with E-state index in [1.807, 2.05) is 6.07 Å². The molecule has 106 valence electrons. The number of rotatable bonds is 4. The summed E-state index contributed by atoms with van der Waals surface area (Å²) >= 11 is 5.77. The summed E-state index contributed by atoms with van der Waals surface area (Å²) in [5.41, 5.74) is 7.54. The fraction of sp³-hybridized carbons (Fsp3) is 0.143. The maximum absolute atomic E-state index is 12.4. The molecule has 0 bridgehead atoms. The topological polar surface area (TPSA) is 72.2 Å². The van der Waals surface area contributed by atoms with Crippen LogP contribution in [0.1, 0.15) is 11.1 Å². The summed E-state index contributed by atoms with van der Waals surface area (Å²) in [4.78, 5) is 0.232. The van der Waals surface area contributed by atoms with E-state index in [0.717, 1.165) is 5.56 Å². The average molecular weight is 311 g/mol. The second-order valence-corrected chi connectivity index (χ2v) is 6.44. The van der Waals surface area contributed by atoms with Gasteiger partial charge in [0.05, 0.1) is 4.90 Å². The van der Waals surface area contributed by atoms with Gasteiger partial charge in [0.1, 0.15) is 0 Å². The largest absolute Gasteiger partial charge is 0.326 e. The van der Waals surface area contributed by atoms with E-state index in [1.165, 1.54) is 0 Å². The van der Waals surface area contributed by atoms with Crippen LogP contribution >= 0.6 is 11.6 Å². The minimum absolute atomic E-state index is 0.232. The Morgan fingerprint density at radius 2 is 1.80 bits per heavy atom. The summed E-state index contributed by atoms with van der Waals surface area (Å²) in [7, 11) is -3.64. The van der Waals surface area contributed by atoms with Crippen LogP contribution in [-0.4, -0.2) is 8.42 Å². The summed E-state index contributed by atoms with van der Waals surface area (Å²) in [6.07, 6.45) is 0. The monoisotopic (exact) mass is 310 g/mol. The van der Waals surface area contributed by atoms with Gasteiger partial charge >= 0.3 is 0 Å². The Kier molecular flexibility index (Phi) is 4.32. The molecule has 0 aliphatic rings. The van der Waals surface area contributed by atoms with Crippen LogP contribution in [0, 0.1) is 6.92 Å². The highest BCUT2D eigenvalue weighted by molar-refractivity contribution is 7.92. The van der Waals surface area contributed by atoms with Gasteiger partial charge in [-0.3, -0.25) is 4.72 Å². The van der Waals surface area contributed by atoms with Gasteiger partial charge in [-0.1, -0.05) is 23.7 Å². The Morgan fingerprint density at radius 3 is 2.40 bits per heavy atom. The molecule has 3 N–H and O–H groups in total. The van der Waals surface area contributed by atoms with E-state index in [2.05, 4.69) is 4.72 Å². The van der Waals surface area contributed by atoms with Gasteiger partial charge in [0, 0.05) is 17.3 Å². The zero-order valence-corrected chi connectivity index (χ0v) is 12.5. The molecule has 0 atom stereocenters. The first-order valence-corrected chi connectivity index (χ1v) is 7.87. The second-order valence-electron chi connectivity index (χ2n) is 4.36. The predicted molar refractivity (Wildman–Crippen MR) is 81.3 cm³/mol. The molecule has 0 unspecified atom stereocenters. The number of halogens is 1. The van der Waals surface area contributed by atoms with Gasteiger partial charge < -0.3 is 5.73 Å². The summed E-state index contributed by atoms with van der Waals surface area (Å²) in [6.45, 7) is 2.05. The van der Waals surface area contributed by atoms with Crippen LogP contribution in [0.5, 0.6) is 0 Å². The maximum Gasteiger partial charge on any atom is 0.262 e. The Morgan fingerprint density at radius 1 is 1.15 bits per heavy atom. The van der Waals surface area contributed by atoms with Crippen molar-refractivity contribution in [2.75, 3.05) is 4.72 Å². The summed E-state index contributed by atoms with van der Waals surface area (Å²) in [5, 5.41) is 0.550. The molecular formula is C14H15ClN2O2S. The Bertz CT molecular complexity index is 712. The van der Waals surface area contributed by atoms with Crippen molar-refractivity contribution in [1.29, 1.82) is 0 Å². The van der Waals surface area contributed by atoms with Crippen LogP contribution < -0.4 is 10.5 Å². The molecular weight excluding hydrogens is 296 g/mol. The molecule has 6 heteroatoms. The molecule has 2 aromatic carbocycles. The SMILES string of the molecule is Cc1c(CN)cccc1S(=O)(=O)Nc1ccc(Cl)cc1. The van der Waals surface area contributed by atoms with Crippen LogP contribution in [-0.2, 0) is 16.6 Å². The minimum Gasteiger partial charge on any atom is -0.326 e. The molecule has 0 fully saturated rings. The van der Waals surface area contributed by atoms with Crippen molar-refractivity contribution < 1.29 is 8.42 Å². The predicted octanol–water partition coefficient (Wildman–Crippen LogP) is 2.91. The molecule has 20 heavy (non-hydrogen) atoms. The van der Waals surface area contributed by atoms with Gasteiger partial charge in [0.25, 0.3) is 10.0 Å². The van der Waals surface area contributed by atoms with E-state index < -0.39 is 10.0 Å². The van der Waals surface area contributed by atoms with Gasteiger partial charge in [0.2, 0.25) is 0 Å². The number of nitrogens with one attached hydrogen (secondary N) is 1. The van der Waals surface area contributed by atoms with Crippen molar-refractivity contribution in [2.24, 2.45) is 5.73 Å². The number of hydrogen-bond donors (Lipinski definition) is 2. The summed E-state index contributed by atoms with van der Waals surface area (Å²) in [6, 6.07) is 11.5. The van der Waals surface area contributed by atoms with Crippen molar-refractivity contribution in [2.45, 2.75) is 18.4 Å². The molecule has 0 spiro atoms. The molecule has 0 aliphatic heterocycles. The molecule has 0 heterocycles. The first-order chi connectivity index (χ1) is 9.44. The third kappa shape index (κ3) is 3.12. The third-order valence-electron chi connectivity index (χ3n) is 3.00. The van der Waals surface area contributed by atoms with Crippen LogP contribution in [0.3, 0.4) is 0 Å². The lowest BCUT2D eigenvalue weighted by Crippen LogP contribution is -2.15. The second kappa shape index (κ2) is 5.83. The molecule has 0 aliphatic carbocycles. The third-order valence-corrected chi connectivity index (χ3v) is 4.78. The molecule has 2 rings (SSSR count). The Labute approximate surface area is 123 Å². The summed E-state index contributed by atoms with van der Waals surface area (Å²) < 4.78 is 27.3. The van der Waals surface area contributed by atoms with Crippen molar-refractivity contribution >= 4 is 27.3 Å². The fourth-order valence-electron chi connectivity index (χ4n) is 1.90. The molecule has 0 amide bonds. The van der Waals surface area contributed by atoms with Crippen LogP contribution in [0.15, 0.2) is 47.4 Å². The average Bonchev–Trinajstić information content (AvgIpc) is 2.41. The smallest absolute Gasteiger partial charge is 0.262 e. The fourth-order valence-corrected chi connectivity index (χ4v) is 3.37. The first kappa shape index (κ1) is 14.8. The van der Waals surface area contributed by atoms with E-state index in [0.29, 0.717) is 22.8 Å². The molecule has 0 saturated heterocycles. The van der Waals surface area contributed by atoms with Crippen LogP contribution in [0.4, 0.5) is 5.69 Å². The van der Waals surface area contributed by atoms with Crippen molar-refractivity contribution in [3.05, 3.63) is 58.6 Å². The number of benzene rings is 2. The van der Waals surface area contributed by atoms with Crippen molar-refractivity contribution in [1.82, 2.24) is 0 Å². The summed E-state index contributed by atoms with van der Waals surface area (Å²) in [5.74, 6) is 0. The van der Waals surface area contributed by atoms with Crippen molar-refractivity contribution in [3.63, 3.8) is 0 Å². The highest BCUT2D eigenvalue weighted by Crippen LogP contribution is 2.22. The lowest BCUT2D eigenvalue weighted by Gasteiger charge is -2.12. The highest BCUT2D eigenvalue weighted by atomic mass is 35.5. The van der Waals surface area contributed by atoms with Gasteiger partial charge in [-0.15, -0.1) is 0 Å². The van der Waals surface area contributed by atoms with E-state index in [1.54, 1.807) is 43.3 Å². The van der Waals surface area contributed by atoms with E-state index in [4.69, 9.17) is 17.3 Å². The van der Waals surface area contributed by atoms with Gasteiger partial charge in [0.15, 0.2) is 0 Å². The lowest BCUT2D eigenvalue weighted by atomic mass is 10.1. The zero-order valence-electron chi connectivity index (χ0n) is 10.9. The number of hydrogen-bond acceptors (Lipinski definition) is 3. The highest BCUT2D eigenvalue weighted by Gasteiger charge is 2.18. The Balaban J connectivity index is 2.38. The number of nitrogens with two attached hydrogens (primary N) is 1. The first-order valence-electron chi connectivity index (χ1n) is 6.01. The molecule has 4 nitrogen and oxygen atoms in total. The molecule has 0 radical (unpaired) electrons. The van der Waals surface area contributed by atoms with Gasteiger partial charge in [-0.2, -0.15) is 0 Å². The standard InChI is InChI=1S/C14H15ClN2O2S/c1-10-11(9-16)3-2-4-14(10)20(18,19)17-13-7-5-12(15)6-8-13/h2-8,17H,9,16H2,1H3. The van der Waals surface area contributed by atoms with E-state index in [-0.39, 0.29) is 4.90 Å². The number of sulfonamides is 1. The maximum atomic E-state index is 12.4. The van der Waals surface area contributed by atoms with E-state index >= 15 is 0 Å². The van der Waals surface area contributed by atoms with Crippen molar-refractivity contribution in [3.8, 4) is 0 Å². The molecule has 0 saturated carbocycles. The normalized spacial score (nSPS) is 11.3.